The number of morpholine rings is 1. The Balaban J connectivity index is 1.50. The highest BCUT2D eigenvalue weighted by atomic mass is 16.5. The van der Waals surface area contributed by atoms with Crippen molar-refractivity contribution in [1.29, 1.82) is 0 Å². The lowest BCUT2D eigenvalue weighted by atomic mass is 10.1. The minimum atomic E-state index is 0.0826. The lowest BCUT2D eigenvalue weighted by Crippen LogP contribution is -2.46. The number of benzene rings is 1. The zero-order chi connectivity index (χ0) is 14.5. The number of carbonyl (C=O) groups excluding carboxylic acids is 1. The second kappa shape index (κ2) is 7.05. The highest BCUT2D eigenvalue weighted by molar-refractivity contribution is 5.78. The van der Waals surface area contributed by atoms with E-state index in [0.717, 1.165) is 25.9 Å². The molecule has 1 aromatic rings. The molecule has 0 aromatic heterocycles. The van der Waals surface area contributed by atoms with Gasteiger partial charge in [0.1, 0.15) is 0 Å². The Bertz CT molecular complexity index is 457. The SMILES string of the molecule is O=C(CN1CCOC(c2ccccc2)C1)NC1CCCC1. The van der Waals surface area contributed by atoms with Gasteiger partial charge in [0.25, 0.3) is 0 Å². The van der Waals surface area contributed by atoms with Crippen molar-refractivity contribution in [2.75, 3.05) is 26.2 Å². The first-order chi connectivity index (χ1) is 10.3. The summed E-state index contributed by atoms with van der Waals surface area (Å²) in [6.07, 6.45) is 4.86. The van der Waals surface area contributed by atoms with Crippen molar-refractivity contribution < 1.29 is 9.53 Å². The summed E-state index contributed by atoms with van der Waals surface area (Å²) in [6, 6.07) is 10.7. The van der Waals surface area contributed by atoms with Gasteiger partial charge in [-0.25, -0.2) is 0 Å². The average Bonchev–Trinajstić information content (AvgIpc) is 3.01. The first-order valence-electron chi connectivity index (χ1n) is 7.99. The Kier molecular flexibility index (Phi) is 4.88. The van der Waals surface area contributed by atoms with Crippen molar-refractivity contribution >= 4 is 5.91 Å². The third-order valence-corrected chi connectivity index (χ3v) is 4.41. The molecule has 1 atom stereocenters. The molecule has 1 saturated heterocycles. The number of ether oxygens (including phenoxy) is 1. The maximum atomic E-state index is 12.1. The minimum absolute atomic E-state index is 0.0826. The zero-order valence-electron chi connectivity index (χ0n) is 12.5. The largest absolute Gasteiger partial charge is 0.371 e. The van der Waals surface area contributed by atoms with Gasteiger partial charge in [0, 0.05) is 19.1 Å². The molecule has 1 unspecified atom stereocenters. The van der Waals surface area contributed by atoms with Gasteiger partial charge in [-0.3, -0.25) is 9.69 Å². The van der Waals surface area contributed by atoms with Gasteiger partial charge in [0.05, 0.1) is 19.3 Å². The minimum Gasteiger partial charge on any atom is -0.371 e. The van der Waals surface area contributed by atoms with Crippen LogP contribution >= 0.6 is 0 Å². The topological polar surface area (TPSA) is 41.6 Å². The first kappa shape index (κ1) is 14.5. The van der Waals surface area contributed by atoms with Crippen LogP contribution in [-0.2, 0) is 9.53 Å². The van der Waals surface area contributed by atoms with E-state index in [-0.39, 0.29) is 12.0 Å². The molecule has 1 aromatic carbocycles. The fourth-order valence-electron chi connectivity index (χ4n) is 3.26. The summed E-state index contributed by atoms with van der Waals surface area (Å²) in [5.74, 6) is 0.163. The van der Waals surface area contributed by atoms with Crippen molar-refractivity contribution in [3.8, 4) is 0 Å². The predicted octanol–water partition coefficient (Wildman–Crippen LogP) is 2.12. The summed E-state index contributed by atoms with van der Waals surface area (Å²) in [6.45, 7) is 2.81. The van der Waals surface area contributed by atoms with Gasteiger partial charge in [0.15, 0.2) is 0 Å². The Labute approximate surface area is 126 Å². The number of amides is 1. The number of nitrogens with zero attached hydrogens (tertiary/aromatic N) is 1. The molecule has 4 nitrogen and oxygen atoms in total. The molecule has 1 heterocycles. The molecular formula is C17H24N2O2. The van der Waals surface area contributed by atoms with Crippen molar-refractivity contribution in [2.45, 2.75) is 37.8 Å². The van der Waals surface area contributed by atoms with Crippen LogP contribution in [0.25, 0.3) is 0 Å². The molecule has 21 heavy (non-hydrogen) atoms. The Morgan fingerprint density at radius 2 is 2.00 bits per heavy atom. The fourth-order valence-corrected chi connectivity index (χ4v) is 3.26. The normalized spacial score (nSPS) is 24.1. The van der Waals surface area contributed by atoms with Crippen LogP contribution in [0.5, 0.6) is 0 Å². The number of hydrogen-bond donors (Lipinski definition) is 1. The number of rotatable bonds is 4. The third-order valence-electron chi connectivity index (χ3n) is 4.41. The molecule has 2 fully saturated rings. The second-order valence-electron chi connectivity index (χ2n) is 6.05. The van der Waals surface area contributed by atoms with Crippen LogP contribution in [0.15, 0.2) is 30.3 Å². The molecule has 0 bridgehead atoms. The van der Waals surface area contributed by atoms with Crippen molar-refractivity contribution in [3.05, 3.63) is 35.9 Å². The quantitative estimate of drug-likeness (QED) is 0.922. The summed E-state index contributed by atoms with van der Waals surface area (Å²) in [5.41, 5.74) is 1.19. The molecule has 4 heteroatoms. The summed E-state index contributed by atoms with van der Waals surface area (Å²) in [4.78, 5) is 14.3. The number of hydrogen-bond acceptors (Lipinski definition) is 3. The summed E-state index contributed by atoms with van der Waals surface area (Å²) in [5, 5.41) is 3.16. The molecule has 2 aliphatic rings. The summed E-state index contributed by atoms with van der Waals surface area (Å²) in [7, 11) is 0. The average molecular weight is 288 g/mol. The standard InChI is InChI=1S/C17H24N2O2/c20-17(18-15-8-4-5-9-15)13-19-10-11-21-16(12-19)14-6-2-1-3-7-14/h1-3,6-7,15-16H,4-5,8-13H2,(H,18,20). The monoisotopic (exact) mass is 288 g/mol. The van der Waals surface area contributed by atoms with Gasteiger partial charge in [0.2, 0.25) is 5.91 Å². The summed E-state index contributed by atoms with van der Waals surface area (Å²) < 4.78 is 5.84. The lowest BCUT2D eigenvalue weighted by molar-refractivity contribution is -0.125. The van der Waals surface area contributed by atoms with E-state index in [4.69, 9.17) is 4.74 Å². The molecule has 1 amide bonds. The van der Waals surface area contributed by atoms with Gasteiger partial charge >= 0.3 is 0 Å². The Hall–Kier alpha value is -1.39. The van der Waals surface area contributed by atoms with E-state index in [1.54, 1.807) is 0 Å². The maximum Gasteiger partial charge on any atom is 0.234 e. The summed E-state index contributed by atoms with van der Waals surface area (Å²) >= 11 is 0. The fraction of sp³-hybridized carbons (Fsp3) is 0.588. The van der Waals surface area contributed by atoms with E-state index < -0.39 is 0 Å². The van der Waals surface area contributed by atoms with E-state index in [1.807, 2.05) is 18.2 Å². The Morgan fingerprint density at radius 1 is 1.24 bits per heavy atom. The van der Waals surface area contributed by atoms with Crippen LogP contribution in [0.2, 0.25) is 0 Å². The van der Waals surface area contributed by atoms with Crippen LogP contribution in [-0.4, -0.2) is 43.1 Å². The lowest BCUT2D eigenvalue weighted by Gasteiger charge is -2.32. The van der Waals surface area contributed by atoms with E-state index in [1.165, 1.54) is 18.4 Å². The molecule has 1 N–H and O–H groups in total. The molecule has 1 aliphatic heterocycles. The number of nitrogens with one attached hydrogen (secondary N) is 1. The Morgan fingerprint density at radius 3 is 2.76 bits per heavy atom. The molecule has 114 valence electrons. The van der Waals surface area contributed by atoms with E-state index >= 15 is 0 Å². The first-order valence-corrected chi connectivity index (χ1v) is 7.99. The molecule has 3 rings (SSSR count). The van der Waals surface area contributed by atoms with E-state index in [9.17, 15) is 4.79 Å². The molecule has 0 spiro atoms. The van der Waals surface area contributed by atoms with E-state index in [0.29, 0.717) is 19.2 Å². The second-order valence-corrected chi connectivity index (χ2v) is 6.05. The predicted molar refractivity (Wildman–Crippen MR) is 82.0 cm³/mol. The zero-order valence-corrected chi connectivity index (χ0v) is 12.5. The molecule has 1 aliphatic carbocycles. The van der Waals surface area contributed by atoms with Gasteiger partial charge in [-0.1, -0.05) is 43.2 Å². The molecular weight excluding hydrogens is 264 g/mol. The van der Waals surface area contributed by atoms with Crippen LogP contribution in [0.3, 0.4) is 0 Å². The third kappa shape index (κ3) is 4.05. The maximum absolute atomic E-state index is 12.1. The van der Waals surface area contributed by atoms with Gasteiger partial charge in [-0.15, -0.1) is 0 Å². The van der Waals surface area contributed by atoms with Crippen LogP contribution in [0.4, 0.5) is 0 Å². The van der Waals surface area contributed by atoms with Gasteiger partial charge < -0.3 is 10.1 Å². The molecule has 1 saturated carbocycles. The van der Waals surface area contributed by atoms with Crippen LogP contribution in [0, 0.1) is 0 Å². The highest BCUT2D eigenvalue weighted by Gasteiger charge is 2.24. The van der Waals surface area contributed by atoms with E-state index in [2.05, 4.69) is 22.3 Å². The molecule has 0 radical (unpaired) electrons. The van der Waals surface area contributed by atoms with Crippen LogP contribution < -0.4 is 5.32 Å². The van der Waals surface area contributed by atoms with Crippen LogP contribution in [0.1, 0.15) is 37.4 Å². The number of carbonyl (C=O) groups is 1. The van der Waals surface area contributed by atoms with Crippen molar-refractivity contribution in [3.63, 3.8) is 0 Å². The van der Waals surface area contributed by atoms with Gasteiger partial charge in [-0.05, 0) is 18.4 Å². The highest BCUT2D eigenvalue weighted by Crippen LogP contribution is 2.22. The smallest absolute Gasteiger partial charge is 0.234 e. The van der Waals surface area contributed by atoms with Crippen molar-refractivity contribution in [1.82, 2.24) is 10.2 Å². The van der Waals surface area contributed by atoms with Gasteiger partial charge in [-0.2, -0.15) is 0 Å². The van der Waals surface area contributed by atoms with Crippen molar-refractivity contribution in [2.24, 2.45) is 0 Å².